The van der Waals surface area contributed by atoms with E-state index in [1.165, 1.54) is 12.1 Å². The molecule has 2 aliphatic rings. The molecule has 1 heterocycles. The number of hydrogen-bond acceptors (Lipinski definition) is 2. The van der Waals surface area contributed by atoms with Gasteiger partial charge in [-0.25, -0.2) is 9.18 Å². The highest BCUT2D eigenvalue weighted by Crippen LogP contribution is 2.20. The van der Waals surface area contributed by atoms with Gasteiger partial charge in [0.15, 0.2) is 0 Å². The molecule has 1 saturated carbocycles. The molecule has 0 atom stereocenters. The van der Waals surface area contributed by atoms with Gasteiger partial charge >= 0.3 is 6.03 Å². The number of hydrogen-bond donors (Lipinski definition) is 1. The standard InChI is InChI=1S/C14H18FN3O/c15-11-1-5-13(6-2-11)17-7-9-18(10-8-17)14(19)16-12-3-4-12/h1-2,5-6,12H,3-4,7-10H2,(H,16,19). The Morgan fingerprint density at radius 1 is 1.11 bits per heavy atom. The van der Waals surface area contributed by atoms with Crippen molar-refractivity contribution in [1.82, 2.24) is 10.2 Å². The first-order chi connectivity index (χ1) is 9.22. The van der Waals surface area contributed by atoms with E-state index in [-0.39, 0.29) is 11.8 Å². The Morgan fingerprint density at radius 3 is 2.32 bits per heavy atom. The van der Waals surface area contributed by atoms with E-state index >= 15 is 0 Å². The highest BCUT2D eigenvalue weighted by atomic mass is 19.1. The summed E-state index contributed by atoms with van der Waals surface area (Å²) in [6.45, 7) is 3.03. The maximum Gasteiger partial charge on any atom is 0.317 e. The molecular formula is C14H18FN3O. The third-order valence-electron chi connectivity index (χ3n) is 3.66. The molecule has 2 amide bonds. The summed E-state index contributed by atoms with van der Waals surface area (Å²) in [6.07, 6.45) is 2.22. The van der Waals surface area contributed by atoms with Gasteiger partial charge in [0, 0.05) is 37.9 Å². The molecule has 1 N–H and O–H groups in total. The van der Waals surface area contributed by atoms with Crippen molar-refractivity contribution in [3.8, 4) is 0 Å². The number of benzene rings is 1. The van der Waals surface area contributed by atoms with Crippen molar-refractivity contribution in [3.63, 3.8) is 0 Å². The quantitative estimate of drug-likeness (QED) is 0.883. The first-order valence-electron chi connectivity index (χ1n) is 6.78. The number of halogens is 1. The Labute approximate surface area is 112 Å². The number of amides is 2. The Hall–Kier alpha value is -1.78. The lowest BCUT2D eigenvalue weighted by molar-refractivity contribution is 0.194. The van der Waals surface area contributed by atoms with Gasteiger partial charge in [-0.2, -0.15) is 0 Å². The van der Waals surface area contributed by atoms with Crippen LogP contribution in [0.2, 0.25) is 0 Å². The normalized spacial score (nSPS) is 19.4. The van der Waals surface area contributed by atoms with Crippen LogP contribution < -0.4 is 10.2 Å². The number of carbonyl (C=O) groups is 1. The Balaban J connectivity index is 1.53. The Morgan fingerprint density at radius 2 is 1.74 bits per heavy atom. The van der Waals surface area contributed by atoms with Gasteiger partial charge in [-0.1, -0.05) is 0 Å². The number of nitrogens with one attached hydrogen (secondary N) is 1. The van der Waals surface area contributed by atoms with Crippen LogP contribution in [0.5, 0.6) is 0 Å². The summed E-state index contributed by atoms with van der Waals surface area (Å²) in [6, 6.07) is 6.98. The van der Waals surface area contributed by atoms with Gasteiger partial charge < -0.3 is 15.1 Å². The molecule has 19 heavy (non-hydrogen) atoms. The molecule has 0 bridgehead atoms. The average molecular weight is 263 g/mol. The highest BCUT2D eigenvalue weighted by Gasteiger charge is 2.27. The lowest BCUT2D eigenvalue weighted by Crippen LogP contribution is -2.52. The van der Waals surface area contributed by atoms with E-state index in [9.17, 15) is 9.18 Å². The van der Waals surface area contributed by atoms with Gasteiger partial charge in [-0.15, -0.1) is 0 Å². The van der Waals surface area contributed by atoms with Crippen LogP contribution in [-0.4, -0.2) is 43.2 Å². The molecule has 1 aromatic rings. The van der Waals surface area contributed by atoms with Crippen LogP contribution in [0.1, 0.15) is 12.8 Å². The van der Waals surface area contributed by atoms with Crippen molar-refractivity contribution in [1.29, 1.82) is 0 Å². The minimum absolute atomic E-state index is 0.0567. The van der Waals surface area contributed by atoms with Crippen molar-refractivity contribution in [3.05, 3.63) is 30.1 Å². The smallest absolute Gasteiger partial charge is 0.317 e. The van der Waals surface area contributed by atoms with Gasteiger partial charge in [-0.05, 0) is 37.1 Å². The van der Waals surface area contributed by atoms with E-state index < -0.39 is 0 Å². The fourth-order valence-corrected chi connectivity index (χ4v) is 2.31. The highest BCUT2D eigenvalue weighted by molar-refractivity contribution is 5.75. The minimum Gasteiger partial charge on any atom is -0.368 e. The minimum atomic E-state index is -0.216. The maximum atomic E-state index is 12.9. The molecule has 0 radical (unpaired) electrons. The second-order valence-electron chi connectivity index (χ2n) is 5.17. The van der Waals surface area contributed by atoms with Gasteiger partial charge in [0.05, 0.1) is 0 Å². The molecule has 2 fully saturated rings. The van der Waals surface area contributed by atoms with Crippen LogP contribution in [-0.2, 0) is 0 Å². The van der Waals surface area contributed by atoms with E-state index in [0.29, 0.717) is 6.04 Å². The molecule has 1 aliphatic carbocycles. The van der Waals surface area contributed by atoms with Gasteiger partial charge in [0.25, 0.3) is 0 Å². The number of urea groups is 1. The molecule has 0 unspecified atom stereocenters. The van der Waals surface area contributed by atoms with Crippen molar-refractivity contribution in [2.45, 2.75) is 18.9 Å². The molecule has 102 valence electrons. The van der Waals surface area contributed by atoms with Gasteiger partial charge in [0.1, 0.15) is 5.82 Å². The summed E-state index contributed by atoms with van der Waals surface area (Å²) in [7, 11) is 0. The molecule has 0 aromatic heterocycles. The number of nitrogens with zero attached hydrogens (tertiary/aromatic N) is 2. The zero-order chi connectivity index (χ0) is 13.2. The summed E-state index contributed by atoms with van der Waals surface area (Å²) in [5, 5.41) is 3.00. The fraction of sp³-hybridized carbons (Fsp3) is 0.500. The number of piperazine rings is 1. The topological polar surface area (TPSA) is 35.6 Å². The largest absolute Gasteiger partial charge is 0.368 e. The molecule has 1 aromatic carbocycles. The maximum absolute atomic E-state index is 12.9. The second-order valence-corrected chi connectivity index (χ2v) is 5.17. The van der Waals surface area contributed by atoms with E-state index in [2.05, 4.69) is 10.2 Å². The van der Waals surface area contributed by atoms with Crippen LogP contribution in [0, 0.1) is 5.82 Å². The van der Waals surface area contributed by atoms with Crippen LogP contribution in [0.4, 0.5) is 14.9 Å². The second kappa shape index (κ2) is 5.07. The number of anilines is 1. The number of rotatable bonds is 2. The molecular weight excluding hydrogens is 245 g/mol. The zero-order valence-electron chi connectivity index (χ0n) is 10.8. The monoisotopic (exact) mass is 263 g/mol. The fourth-order valence-electron chi connectivity index (χ4n) is 2.31. The number of carbonyl (C=O) groups excluding carboxylic acids is 1. The summed E-state index contributed by atoms with van der Waals surface area (Å²) in [4.78, 5) is 15.9. The predicted molar refractivity (Wildman–Crippen MR) is 71.7 cm³/mol. The van der Waals surface area contributed by atoms with Crippen molar-refractivity contribution in [2.75, 3.05) is 31.1 Å². The first kappa shape index (κ1) is 12.3. The van der Waals surface area contributed by atoms with Gasteiger partial charge in [0.2, 0.25) is 0 Å². The van der Waals surface area contributed by atoms with Crippen LogP contribution in [0.3, 0.4) is 0 Å². The van der Waals surface area contributed by atoms with Crippen molar-refractivity contribution in [2.24, 2.45) is 0 Å². The average Bonchev–Trinajstić information content (AvgIpc) is 3.24. The zero-order valence-corrected chi connectivity index (χ0v) is 10.8. The molecule has 5 heteroatoms. The van der Waals surface area contributed by atoms with Crippen molar-refractivity contribution < 1.29 is 9.18 Å². The lowest BCUT2D eigenvalue weighted by Gasteiger charge is -2.36. The predicted octanol–water partition coefficient (Wildman–Crippen LogP) is 1.82. The lowest BCUT2D eigenvalue weighted by atomic mass is 10.2. The SMILES string of the molecule is O=C(NC1CC1)N1CCN(c2ccc(F)cc2)CC1. The first-order valence-corrected chi connectivity index (χ1v) is 6.78. The Bertz CT molecular complexity index is 450. The van der Waals surface area contributed by atoms with E-state index in [1.54, 1.807) is 12.1 Å². The van der Waals surface area contributed by atoms with E-state index in [4.69, 9.17) is 0 Å². The molecule has 4 nitrogen and oxygen atoms in total. The third-order valence-corrected chi connectivity index (χ3v) is 3.66. The van der Waals surface area contributed by atoms with Crippen LogP contribution in [0.15, 0.2) is 24.3 Å². The van der Waals surface area contributed by atoms with Crippen LogP contribution in [0.25, 0.3) is 0 Å². The Kier molecular flexibility index (Phi) is 3.27. The summed E-state index contributed by atoms with van der Waals surface area (Å²) < 4.78 is 12.9. The summed E-state index contributed by atoms with van der Waals surface area (Å²) in [5.41, 5.74) is 1.02. The van der Waals surface area contributed by atoms with E-state index in [1.807, 2.05) is 4.90 Å². The van der Waals surface area contributed by atoms with E-state index in [0.717, 1.165) is 44.7 Å². The molecule has 3 rings (SSSR count). The van der Waals surface area contributed by atoms with Gasteiger partial charge in [-0.3, -0.25) is 0 Å². The molecule has 0 spiro atoms. The molecule has 1 saturated heterocycles. The molecule has 1 aliphatic heterocycles. The van der Waals surface area contributed by atoms with Crippen molar-refractivity contribution >= 4 is 11.7 Å². The van der Waals surface area contributed by atoms with Crippen LogP contribution >= 0.6 is 0 Å². The third kappa shape index (κ3) is 2.97. The summed E-state index contributed by atoms with van der Waals surface area (Å²) >= 11 is 0. The summed E-state index contributed by atoms with van der Waals surface area (Å²) in [5.74, 6) is -0.216.